The lowest BCUT2D eigenvalue weighted by atomic mass is 10.2. The van der Waals surface area contributed by atoms with Gasteiger partial charge in [0.15, 0.2) is 0 Å². The van der Waals surface area contributed by atoms with Crippen LogP contribution < -0.4 is 4.74 Å². The maximum absolute atomic E-state index is 5.74. The highest BCUT2D eigenvalue weighted by Gasteiger charge is 2.09. The van der Waals surface area contributed by atoms with Crippen LogP contribution in [-0.4, -0.2) is 16.1 Å². The van der Waals surface area contributed by atoms with Crippen LogP contribution in [0, 0.1) is 6.92 Å². The van der Waals surface area contributed by atoms with E-state index < -0.39 is 0 Å². The zero-order valence-electron chi connectivity index (χ0n) is 12.3. The Morgan fingerprint density at radius 3 is 2.76 bits per heavy atom. The minimum atomic E-state index is 0.161. The molecule has 0 saturated carbocycles. The third kappa shape index (κ3) is 2.95. The van der Waals surface area contributed by atoms with Gasteiger partial charge in [-0.05, 0) is 50.6 Å². The molecule has 0 bridgehead atoms. The molecule has 4 heteroatoms. The van der Waals surface area contributed by atoms with Gasteiger partial charge >= 0.3 is 0 Å². The highest BCUT2D eigenvalue weighted by atomic mass is 79.9. The van der Waals surface area contributed by atoms with Gasteiger partial charge in [-0.25, -0.2) is 4.98 Å². The van der Waals surface area contributed by atoms with Crippen LogP contribution in [0.25, 0.3) is 22.4 Å². The Balaban J connectivity index is 2.06. The third-order valence-corrected chi connectivity index (χ3v) is 3.68. The SMILES string of the molecule is Cc1cc(Br)cc2[nH]c(-c3cccc(OC(C)C)c3)nc12. The van der Waals surface area contributed by atoms with E-state index in [9.17, 15) is 0 Å². The third-order valence-electron chi connectivity index (χ3n) is 3.22. The number of halogens is 1. The molecule has 3 rings (SSSR count). The summed E-state index contributed by atoms with van der Waals surface area (Å²) in [6.45, 7) is 6.11. The number of fused-ring (bicyclic) bond motifs is 1. The fourth-order valence-corrected chi connectivity index (χ4v) is 2.94. The summed E-state index contributed by atoms with van der Waals surface area (Å²) >= 11 is 3.52. The number of nitrogens with one attached hydrogen (secondary N) is 1. The van der Waals surface area contributed by atoms with Gasteiger partial charge in [0.25, 0.3) is 0 Å². The summed E-state index contributed by atoms with van der Waals surface area (Å²) in [7, 11) is 0. The van der Waals surface area contributed by atoms with Crippen molar-refractivity contribution in [3.63, 3.8) is 0 Å². The van der Waals surface area contributed by atoms with E-state index in [1.165, 1.54) is 0 Å². The van der Waals surface area contributed by atoms with Gasteiger partial charge in [-0.1, -0.05) is 28.1 Å². The van der Waals surface area contributed by atoms with Crippen LogP contribution in [-0.2, 0) is 0 Å². The Bertz CT molecular complexity index is 793. The second-order valence-electron chi connectivity index (χ2n) is 5.40. The van der Waals surface area contributed by atoms with Crippen LogP contribution in [0.5, 0.6) is 5.75 Å². The Morgan fingerprint density at radius 1 is 1.19 bits per heavy atom. The van der Waals surface area contributed by atoms with Crippen LogP contribution in [0.3, 0.4) is 0 Å². The molecule has 0 unspecified atom stereocenters. The molecule has 0 radical (unpaired) electrons. The number of benzene rings is 2. The number of aromatic nitrogens is 2. The first-order valence-corrected chi connectivity index (χ1v) is 7.75. The minimum absolute atomic E-state index is 0.161. The Kier molecular flexibility index (Phi) is 3.72. The molecular formula is C17H17BrN2O. The summed E-state index contributed by atoms with van der Waals surface area (Å²) in [4.78, 5) is 8.09. The quantitative estimate of drug-likeness (QED) is 0.718. The van der Waals surface area contributed by atoms with Gasteiger partial charge in [-0.2, -0.15) is 0 Å². The number of hydrogen-bond donors (Lipinski definition) is 1. The number of rotatable bonds is 3. The summed E-state index contributed by atoms with van der Waals surface area (Å²) in [5.74, 6) is 1.72. The van der Waals surface area contributed by atoms with E-state index in [0.29, 0.717) is 0 Å². The minimum Gasteiger partial charge on any atom is -0.491 e. The normalized spacial score (nSPS) is 11.3. The molecule has 0 saturated heterocycles. The highest BCUT2D eigenvalue weighted by Crippen LogP contribution is 2.27. The molecule has 0 aliphatic heterocycles. The maximum atomic E-state index is 5.74. The molecule has 0 spiro atoms. The molecular weight excluding hydrogens is 328 g/mol. The van der Waals surface area contributed by atoms with Gasteiger partial charge in [0.05, 0.1) is 17.1 Å². The van der Waals surface area contributed by atoms with E-state index in [1.807, 2.05) is 44.2 Å². The van der Waals surface area contributed by atoms with Crippen molar-refractivity contribution in [2.24, 2.45) is 0 Å². The van der Waals surface area contributed by atoms with Crippen molar-refractivity contribution in [2.75, 3.05) is 0 Å². The van der Waals surface area contributed by atoms with Gasteiger partial charge in [0, 0.05) is 10.0 Å². The van der Waals surface area contributed by atoms with Crippen LogP contribution in [0.15, 0.2) is 40.9 Å². The van der Waals surface area contributed by atoms with Crippen molar-refractivity contribution < 1.29 is 4.74 Å². The van der Waals surface area contributed by atoms with Crippen LogP contribution in [0.4, 0.5) is 0 Å². The molecule has 108 valence electrons. The van der Waals surface area contributed by atoms with Gasteiger partial charge < -0.3 is 9.72 Å². The first kappa shape index (κ1) is 14.1. The molecule has 0 aliphatic carbocycles. The Morgan fingerprint density at radius 2 is 2.00 bits per heavy atom. The van der Waals surface area contributed by atoms with E-state index >= 15 is 0 Å². The van der Waals surface area contributed by atoms with Crippen molar-refractivity contribution in [3.05, 3.63) is 46.4 Å². The van der Waals surface area contributed by atoms with Crippen molar-refractivity contribution in [1.82, 2.24) is 9.97 Å². The van der Waals surface area contributed by atoms with Gasteiger partial charge in [0.1, 0.15) is 11.6 Å². The molecule has 1 N–H and O–H groups in total. The van der Waals surface area contributed by atoms with E-state index in [0.717, 1.165) is 38.2 Å². The number of nitrogens with zero attached hydrogens (tertiary/aromatic N) is 1. The number of hydrogen-bond acceptors (Lipinski definition) is 2. The molecule has 0 atom stereocenters. The first-order chi connectivity index (χ1) is 10.0. The van der Waals surface area contributed by atoms with Crippen molar-refractivity contribution in [1.29, 1.82) is 0 Å². The Labute approximate surface area is 132 Å². The molecule has 0 fully saturated rings. The van der Waals surface area contributed by atoms with Gasteiger partial charge in [0.2, 0.25) is 0 Å². The van der Waals surface area contributed by atoms with Crippen molar-refractivity contribution >= 4 is 27.0 Å². The molecule has 1 heterocycles. The summed E-state index contributed by atoms with van der Waals surface area (Å²) in [5.41, 5.74) is 4.21. The highest BCUT2D eigenvalue weighted by molar-refractivity contribution is 9.10. The lowest BCUT2D eigenvalue weighted by molar-refractivity contribution is 0.242. The van der Waals surface area contributed by atoms with E-state index in [2.05, 4.69) is 33.9 Å². The zero-order chi connectivity index (χ0) is 15.0. The van der Waals surface area contributed by atoms with Gasteiger partial charge in [-0.15, -0.1) is 0 Å². The average Bonchev–Trinajstić information content (AvgIpc) is 2.82. The summed E-state index contributed by atoms with van der Waals surface area (Å²) in [6, 6.07) is 12.1. The number of aryl methyl sites for hydroxylation is 1. The van der Waals surface area contributed by atoms with E-state index in [1.54, 1.807) is 0 Å². The number of aromatic amines is 1. The van der Waals surface area contributed by atoms with Crippen molar-refractivity contribution in [2.45, 2.75) is 26.9 Å². The lowest BCUT2D eigenvalue weighted by Crippen LogP contribution is -2.05. The average molecular weight is 345 g/mol. The summed E-state index contributed by atoms with van der Waals surface area (Å²) in [5, 5.41) is 0. The van der Waals surface area contributed by atoms with E-state index in [-0.39, 0.29) is 6.10 Å². The standard InChI is InChI=1S/C17H17BrN2O/c1-10(2)21-14-6-4-5-12(8-14)17-19-15-9-13(18)7-11(3)16(15)20-17/h4-10H,1-3H3,(H,19,20). The predicted octanol–water partition coefficient (Wildman–Crippen LogP) is 5.09. The van der Waals surface area contributed by atoms with E-state index in [4.69, 9.17) is 9.72 Å². The topological polar surface area (TPSA) is 37.9 Å². The summed E-state index contributed by atoms with van der Waals surface area (Å²) < 4.78 is 6.80. The second-order valence-corrected chi connectivity index (χ2v) is 6.31. The predicted molar refractivity (Wildman–Crippen MR) is 89.7 cm³/mol. The smallest absolute Gasteiger partial charge is 0.138 e. The van der Waals surface area contributed by atoms with Crippen LogP contribution >= 0.6 is 15.9 Å². The molecule has 3 nitrogen and oxygen atoms in total. The second kappa shape index (κ2) is 5.53. The molecule has 21 heavy (non-hydrogen) atoms. The van der Waals surface area contributed by atoms with Gasteiger partial charge in [-0.3, -0.25) is 0 Å². The number of H-pyrrole nitrogens is 1. The Hall–Kier alpha value is -1.81. The molecule has 2 aromatic carbocycles. The molecule has 1 aromatic heterocycles. The summed E-state index contributed by atoms with van der Waals surface area (Å²) in [6.07, 6.45) is 0.161. The maximum Gasteiger partial charge on any atom is 0.138 e. The lowest BCUT2D eigenvalue weighted by Gasteiger charge is -2.10. The number of ether oxygens (including phenoxy) is 1. The fraction of sp³-hybridized carbons (Fsp3) is 0.235. The zero-order valence-corrected chi connectivity index (χ0v) is 13.9. The monoisotopic (exact) mass is 344 g/mol. The number of imidazole rings is 1. The largest absolute Gasteiger partial charge is 0.491 e. The first-order valence-electron chi connectivity index (χ1n) is 6.96. The van der Waals surface area contributed by atoms with Crippen LogP contribution in [0.1, 0.15) is 19.4 Å². The fourth-order valence-electron chi connectivity index (χ4n) is 2.37. The van der Waals surface area contributed by atoms with Crippen LogP contribution in [0.2, 0.25) is 0 Å². The molecule has 0 amide bonds. The molecule has 0 aliphatic rings. The molecule has 3 aromatic rings. The van der Waals surface area contributed by atoms with Crippen molar-refractivity contribution in [3.8, 4) is 17.1 Å².